The predicted octanol–water partition coefficient (Wildman–Crippen LogP) is 2.90. The summed E-state index contributed by atoms with van der Waals surface area (Å²) in [6.45, 7) is 6.15. The van der Waals surface area contributed by atoms with Crippen LogP contribution in [0, 0.1) is 5.92 Å². The van der Waals surface area contributed by atoms with Gasteiger partial charge in [-0.3, -0.25) is 0 Å². The van der Waals surface area contributed by atoms with Gasteiger partial charge in [0.25, 0.3) is 0 Å². The first-order chi connectivity index (χ1) is 8.15. The first-order valence-corrected chi connectivity index (χ1v) is 6.62. The largest absolute Gasteiger partial charge is 0.375 e. The Morgan fingerprint density at radius 1 is 1.35 bits per heavy atom. The Morgan fingerprint density at radius 2 is 2.06 bits per heavy atom. The molecule has 1 aromatic rings. The van der Waals surface area contributed by atoms with Gasteiger partial charge in [-0.1, -0.05) is 37.6 Å². The molecular formula is C14H20ClNO. The second-order valence-corrected chi connectivity index (χ2v) is 5.49. The third-order valence-electron chi connectivity index (χ3n) is 3.26. The van der Waals surface area contributed by atoms with E-state index in [0.29, 0.717) is 18.1 Å². The van der Waals surface area contributed by atoms with Crippen molar-refractivity contribution < 1.29 is 4.74 Å². The first-order valence-electron chi connectivity index (χ1n) is 6.24. The zero-order chi connectivity index (χ0) is 12.3. The van der Waals surface area contributed by atoms with Crippen molar-refractivity contribution in [2.75, 3.05) is 13.2 Å². The fraction of sp³-hybridized carbons (Fsp3) is 0.571. The van der Waals surface area contributed by atoms with E-state index in [0.717, 1.165) is 24.6 Å². The van der Waals surface area contributed by atoms with Crippen LogP contribution in [0.2, 0.25) is 5.02 Å². The number of nitrogens with one attached hydrogen (secondary N) is 1. The summed E-state index contributed by atoms with van der Waals surface area (Å²) in [5, 5.41) is 4.35. The van der Waals surface area contributed by atoms with Crippen molar-refractivity contribution in [3.63, 3.8) is 0 Å². The van der Waals surface area contributed by atoms with Gasteiger partial charge in [-0.2, -0.15) is 0 Å². The molecule has 1 saturated heterocycles. The van der Waals surface area contributed by atoms with Gasteiger partial charge in [-0.05, 0) is 30.0 Å². The highest BCUT2D eigenvalue weighted by molar-refractivity contribution is 6.30. The summed E-state index contributed by atoms with van der Waals surface area (Å²) >= 11 is 5.87. The van der Waals surface area contributed by atoms with Crippen molar-refractivity contribution in [2.45, 2.75) is 32.4 Å². The quantitative estimate of drug-likeness (QED) is 0.895. The van der Waals surface area contributed by atoms with E-state index in [-0.39, 0.29) is 0 Å². The summed E-state index contributed by atoms with van der Waals surface area (Å²) in [6, 6.07) is 8.47. The minimum atomic E-state index is 0.358. The van der Waals surface area contributed by atoms with Crippen molar-refractivity contribution in [3.05, 3.63) is 34.9 Å². The van der Waals surface area contributed by atoms with Crippen LogP contribution >= 0.6 is 11.6 Å². The minimum Gasteiger partial charge on any atom is -0.375 e. The Balaban J connectivity index is 1.84. The molecule has 2 rings (SSSR count). The molecule has 94 valence electrons. The van der Waals surface area contributed by atoms with E-state index in [9.17, 15) is 0 Å². The summed E-state index contributed by atoms with van der Waals surface area (Å²) in [5.41, 5.74) is 1.30. The molecule has 1 aliphatic heterocycles. The summed E-state index contributed by atoms with van der Waals surface area (Å²) in [4.78, 5) is 0. The molecule has 0 aliphatic carbocycles. The molecular weight excluding hydrogens is 234 g/mol. The number of rotatable bonds is 3. The normalized spacial score (nSPS) is 25.2. The molecule has 1 fully saturated rings. The van der Waals surface area contributed by atoms with Crippen molar-refractivity contribution in [3.8, 4) is 0 Å². The zero-order valence-corrected chi connectivity index (χ0v) is 11.2. The molecule has 0 saturated carbocycles. The third-order valence-corrected chi connectivity index (χ3v) is 3.51. The van der Waals surface area contributed by atoms with E-state index in [1.807, 2.05) is 12.1 Å². The fourth-order valence-electron chi connectivity index (χ4n) is 2.10. The van der Waals surface area contributed by atoms with Crippen molar-refractivity contribution in [1.82, 2.24) is 5.32 Å². The molecule has 0 amide bonds. The number of benzene rings is 1. The van der Waals surface area contributed by atoms with Crippen LogP contribution in [0.15, 0.2) is 24.3 Å². The van der Waals surface area contributed by atoms with Crippen LogP contribution in [-0.4, -0.2) is 25.3 Å². The second-order valence-electron chi connectivity index (χ2n) is 5.05. The lowest BCUT2D eigenvalue weighted by Gasteiger charge is -2.32. The Hall–Kier alpha value is -0.570. The van der Waals surface area contributed by atoms with Crippen LogP contribution in [0.5, 0.6) is 0 Å². The van der Waals surface area contributed by atoms with Gasteiger partial charge in [-0.15, -0.1) is 0 Å². The van der Waals surface area contributed by atoms with Gasteiger partial charge in [-0.25, -0.2) is 0 Å². The van der Waals surface area contributed by atoms with Crippen molar-refractivity contribution >= 4 is 11.6 Å². The van der Waals surface area contributed by atoms with E-state index in [1.54, 1.807) is 0 Å². The average molecular weight is 254 g/mol. The van der Waals surface area contributed by atoms with Gasteiger partial charge in [0.05, 0.1) is 12.7 Å². The highest BCUT2D eigenvalue weighted by Gasteiger charge is 2.23. The minimum absolute atomic E-state index is 0.358. The van der Waals surface area contributed by atoms with Gasteiger partial charge in [0.2, 0.25) is 0 Å². The average Bonchev–Trinajstić information content (AvgIpc) is 2.33. The number of hydrogen-bond donors (Lipinski definition) is 1. The summed E-state index contributed by atoms with van der Waals surface area (Å²) in [6.07, 6.45) is 1.36. The molecule has 1 aliphatic rings. The van der Waals surface area contributed by atoms with Crippen LogP contribution in [0.4, 0.5) is 0 Å². The summed E-state index contributed by atoms with van der Waals surface area (Å²) in [7, 11) is 0. The van der Waals surface area contributed by atoms with Crippen molar-refractivity contribution in [1.29, 1.82) is 0 Å². The monoisotopic (exact) mass is 253 g/mol. The molecule has 0 aromatic heterocycles. The van der Waals surface area contributed by atoms with Crippen LogP contribution in [0.1, 0.15) is 19.4 Å². The van der Waals surface area contributed by atoms with Gasteiger partial charge in [0.1, 0.15) is 0 Å². The van der Waals surface area contributed by atoms with E-state index < -0.39 is 0 Å². The van der Waals surface area contributed by atoms with Crippen molar-refractivity contribution in [2.24, 2.45) is 5.92 Å². The SMILES string of the molecule is CC(C)C1CN[C@@H](Cc2ccc(Cl)cc2)CO1. The smallest absolute Gasteiger partial charge is 0.0723 e. The van der Waals surface area contributed by atoms with E-state index >= 15 is 0 Å². The molecule has 3 heteroatoms. The molecule has 2 atom stereocenters. The highest BCUT2D eigenvalue weighted by Crippen LogP contribution is 2.15. The molecule has 17 heavy (non-hydrogen) atoms. The van der Waals surface area contributed by atoms with Crippen LogP contribution < -0.4 is 5.32 Å². The van der Waals surface area contributed by atoms with E-state index in [4.69, 9.17) is 16.3 Å². The lowest BCUT2D eigenvalue weighted by Crippen LogP contribution is -2.49. The van der Waals surface area contributed by atoms with E-state index in [2.05, 4.69) is 31.3 Å². The molecule has 0 spiro atoms. The summed E-state index contributed by atoms with van der Waals surface area (Å²) < 4.78 is 5.86. The van der Waals surface area contributed by atoms with Crippen LogP contribution in [0.25, 0.3) is 0 Å². The van der Waals surface area contributed by atoms with Crippen LogP contribution in [-0.2, 0) is 11.2 Å². The second kappa shape index (κ2) is 5.85. The van der Waals surface area contributed by atoms with Gasteiger partial charge < -0.3 is 10.1 Å². The number of hydrogen-bond acceptors (Lipinski definition) is 2. The molecule has 1 heterocycles. The van der Waals surface area contributed by atoms with Gasteiger partial charge in [0.15, 0.2) is 0 Å². The number of morpholine rings is 1. The fourth-order valence-corrected chi connectivity index (χ4v) is 2.23. The highest BCUT2D eigenvalue weighted by atomic mass is 35.5. The molecule has 0 radical (unpaired) electrons. The topological polar surface area (TPSA) is 21.3 Å². The molecule has 1 N–H and O–H groups in total. The maximum absolute atomic E-state index is 5.87. The Morgan fingerprint density at radius 3 is 2.59 bits per heavy atom. The Labute approximate surface area is 108 Å². The predicted molar refractivity (Wildman–Crippen MR) is 71.5 cm³/mol. The van der Waals surface area contributed by atoms with Gasteiger partial charge >= 0.3 is 0 Å². The number of ether oxygens (including phenoxy) is 1. The van der Waals surface area contributed by atoms with Crippen LogP contribution in [0.3, 0.4) is 0 Å². The molecule has 1 unspecified atom stereocenters. The maximum atomic E-state index is 5.87. The first kappa shape index (κ1) is 12.9. The lowest BCUT2D eigenvalue weighted by atomic mass is 10.0. The Bertz CT molecular complexity index is 342. The van der Waals surface area contributed by atoms with E-state index in [1.165, 1.54) is 5.56 Å². The number of halogens is 1. The molecule has 0 bridgehead atoms. The maximum Gasteiger partial charge on any atom is 0.0723 e. The standard InChI is InChI=1S/C14H20ClNO/c1-10(2)14-8-16-13(9-17-14)7-11-3-5-12(15)6-4-11/h3-6,10,13-14,16H,7-9H2,1-2H3/t13-,14?/m0/s1. The zero-order valence-electron chi connectivity index (χ0n) is 10.4. The molecule has 1 aromatic carbocycles. The Kier molecular flexibility index (Phi) is 4.43. The summed E-state index contributed by atoms with van der Waals surface area (Å²) in [5.74, 6) is 0.582. The third kappa shape index (κ3) is 3.70. The lowest BCUT2D eigenvalue weighted by molar-refractivity contribution is -0.0206. The van der Waals surface area contributed by atoms with Gasteiger partial charge in [0, 0.05) is 17.6 Å². The molecule has 2 nitrogen and oxygen atoms in total.